The second-order valence-corrected chi connectivity index (χ2v) is 5.00. The van der Waals surface area contributed by atoms with Crippen molar-refractivity contribution < 1.29 is 0 Å². The van der Waals surface area contributed by atoms with Gasteiger partial charge < -0.3 is 9.88 Å². The van der Waals surface area contributed by atoms with Crippen LogP contribution in [0.3, 0.4) is 0 Å². The number of alkyl halides is 1. The van der Waals surface area contributed by atoms with Gasteiger partial charge in [0, 0.05) is 25.0 Å². The van der Waals surface area contributed by atoms with Crippen LogP contribution in [0, 0.1) is 0 Å². The van der Waals surface area contributed by atoms with Crippen LogP contribution in [-0.2, 0) is 6.54 Å². The van der Waals surface area contributed by atoms with Gasteiger partial charge in [0.05, 0.1) is 5.38 Å². The Labute approximate surface area is 102 Å². The minimum atomic E-state index is 0.240. The molecule has 3 nitrogen and oxygen atoms in total. The van der Waals surface area contributed by atoms with Crippen LogP contribution in [0.25, 0.3) is 0 Å². The van der Waals surface area contributed by atoms with Crippen molar-refractivity contribution in [1.29, 1.82) is 0 Å². The topological polar surface area (TPSA) is 29.9 Å². The fourth-order valence-electron chi connectivity index (χ4n) is 2.30. The van der Waals surface area contributed by atoms with Gasteiger partial charge in [-0.15, -0.1) is 11.6 Å². The normalized spacial score (nSPS) is 26.4. The van der Waals surface area contributed by atoms with Gasteiger partial charge in [0.1, 0.15) is 0 Å². The first-order valence-corrected chi connectivity index (χ1v) is 6.66. The fourth-order valence-corrected chi connectivity index (χ4v) is 2.64. The van der Waals surface area contributed by atoms with Crippen LogP contribution in [-0.4, -0.2) is 21.0 Å². The van der Waals surface area contributed by atoms with E-state index in [1.54, 1.807) is 0 Å². The Morgan fingerprint density at radius 3 is 3.06 bits per heavy atom. The molecule has 1 fully saturated rings. The molecule has 0 spiro atoms. The van der Waals surface area contributed by atoms with E-state index in [1.165, 1.54) is 19.3 Å². The maximum Gasteiger partial charge on any atom is 0.203 e. The number of imidazole rings is 1. The summed E-state index contributed by atoms with van der Waals surface area (Å²) in [7, 11) is 0. The third-order valence-corrected chi connectivity index (χ3v) is 3.82. The van der Waals surface area contributed by atoms with Crippen molar-refractivity contribution in [1.82, 2.24) is 9.55 Å². The first kappa shape index (κ1) is 11.8. The fraction of sp³-hybridized carbons (Fsp3) is 0.750. The van der Waals surface area contributed by atoms with E-state index in [9.17, 15) is 0 Å². The second kappa shape index (κ2) is 5.58. The Balaban J connectivity index is 2.01. The van der Waals surface area contributed by atoms with Crippen LogP contribution in [0.1, 0.15) is 39.0 Å². The average molecular weight is 242 g/mol. The molecule has 0 aliphatic heterocycles. The molecular weight excluding hydrogens is 222 g/mol. The molecule has 0 saturated heterocycles. The molecule has 0 amide bonds. The number of hydrogen-bond donors (Lipinski definition) is 1. The smallest absolute Gasteiger partial charge is 0.203 e. The highest BCUT2D eigenvalue weighted by atomic mass is 35.5. The summed E-state index contributed by atoms with van der Waals surface area (Å²) in [6, 6.07) is 0.372. The molecule has 1 N–H and O–H groups in total. The summed E-state index contributed by atoms with van der Waals surface area (Å²) in [6.07, 6.45) is 9.96. The quantitative estimate of drug-likeness (QED) is 0.650. The lowest BCUT2D eigenvalue weighted by atomic mass is 10.1. The number of hydrogen-bond acceptors (Lipinski definition) is 2. The van der Waals surface area contributed by atoms with Crippen molar-refractivity contribution in [3.63, 3.8) is 0 Å². The van der Waals surface area contributed by atoms with E-state index in [4.69, 9.17) is 11.6 Å². The molecule has 0 bridgehead atoms. The van der Waals surface area contributed by atoms with E-state index in [0.717, 1.165) is 25.3 Å². The summed E-state index contributed by atoms with van der Waals surface area (Å²) in [5, 5.41) is 3.73. The summed E-state index contributed by atoms with van der Waals surface area (Å²) in [6.45, 7) is 3.07. The van der Waals surface area contributed by atoms with Crippen molar-refractivity contribution in [3.05, 3.63) is 12.4 Å². The molecule has 90 valence electrons. The van der Waals surface area contributed by atoms with Crippen LogP contribution < -0.4 is 5.32 Å². The number of nitrogens with one attached hydrogen (secondary N) is 1. The van der Waals surface area contributed by atoms with Crippen LogP contribution in [0.2, 0.25) is 0 Å². The molecule has 1 aliphatic carbocycles. The first-order valence-electron chi connectivity index (χ1n) is 6.23. The molecule has 0 aromatic carbocycles. The molecule has 4 heteroatoms. The number of aromatic nitrogens is 2. The van der Waals surface area contributed by atoms with Crippen LogP contribution in [0.5, 0.6) is 0 Å². The average Bonchev–Trinajstić information content (AvgIpc) is 2.64. The molecule has 2 rings (SSSR count). The molecular formula is C12H20ClN3. The number of rotatable bonds is 3. The Morgan fingerprint density at radius 2 is 2.25 bits per heavy atom. The maximum absolute atomic E-state index is 6.40. The molecule has 1 aromatic rings. The second-order valence-electron chi connectivity index (χ2n) is 4.44. The number of nitrogens with zero attached hydrogens (tertiary/aromatic N) is 2. The van der Waals surface area contributed by atoms with E-state index in [0.29, 0.717) is 6.04 Å². The third kappa shape index (κ3) is 2.70. The standard InChI is InChI=1S/C12H20ClN3/c1-2-16-9-8-14-12(16)15-11-7-5-3-4-6-10(11)13/h8-11H,2-7H2,1H3,(H,14,15). The summed E-state index contributed by atoms with van der Waals surface area (Å²) in [5.41, 5.74) is 0. The zero-order chi connectivity index (χ0) is 11.4. The highest BCUT2D eigenvalue weighted by Gasteiger charge is 2.22. The summed E-state index contributed by atoms with van der Waals surface area (Å²) in [5.74, 6) is 0.958. The van der Waals surface area contributed by atoms with E-state index in [-0.39, 0.29) is 5.38 Å². The molecule has 2 atom stereocenters. The minimum absolute atomic E-state index is 0.240. The molecule has 0 radical (unpaired) electrons. The third-order valence-electron chi connectivity index (χ3n) is 3.30. The molecule has 1 aliphatic rings. The Hall–Kier alpha value is -0.700. The van der Waals surface area contributed by atoms with Crippen LogP contribution in [0.4, 0.5) is 5.95 Å². The first-order chi connectivity index (χ1) is 7.81. The predicted molar refractivity (Wildman–Crippen MR) is 68.0 cm³/mol. The lowest BCUT2D eigenvalue weighted by molar-refractivity contribution is 0.613. The Kier molecular flexibility index (Phi) is 4.10. The van der Waals surface area contributed by atoms with Crippen molar-refractivity contribution in [3.8, 4) is 0 Å². The van der Waals surface area contributed by atoms with E-state index in [1.807, 2.05) is 12.4 Å². The van der Waals surface area contributed by atoms with Gasteiger partial charge in [0.25, 0.3) is 0 Å². The maximum atomic E-state index is 6.40. The summed E-state index contributed by atoms with van der Waals surface area (Å²) < 4.78 is 2.12. The van der Waals surface area contributed by atoms with Gasteiger partial charge in [-0.1, -0.05) is 19.3 Å². The highest BCUT2D eigenvalue weighted by molar-refractivity contribution is 6.21. The summed E-state index contributed by atoms with van der Waals surface area (Å²) >= 11 is 6.40. The van der Waals surface area contributed by atoms with Crippen LogP contribution >= 0.6 is 11.6 Å². The number of anilines is 1. The Bertz CT molecular complexity index is 324. The van der Waals surface area contributed by atoms with Gasteiger partial charge in [-0.3, -0.25) is 0 Å². The van der Waals surface area contributed by atoms with Gasteiger partial charge >= 0.3 is 0 Å². The molecule has 16 heavy (non-hydrogen) atoms. The minimum Gasteiger partial charge on any atom is -0.351 e. The Morgan fingerprint density at radius 1 is 1.44 bits per heavy atom. The van der Waals surface area contributed by atoms with E-state index < -0.39 is 0 Å². The van der Waals surface area contributed by atoms with E-state index in [2.05, 4.69) is 21.8 Å². The van der Waals surface area contributed by atoms with Crippen molar-refractivity contribution >= 4 is 17.5 Å². The van der Waals surface area contributed by atoms with Gasteiger partial charge in [0.15, 0.2) is 0 Å². The zero-order valence-corrected chi connectivity index (χ0v) is 10.6. The van der Waals surface area contributed by atoms with Gasteiger partial charge in [-0.2, -0.15) is 0 Å². The van der Waals surface area contributed by atoms with Crippen molar-refractivity contribution in [2.75, 3.05) is 5.32 Å². The molecule has 1 saturated carbocycles. The van der Waals surface area contributed by atoms with Gasteiger partial charge in [-0.05, 0) is 19.8 Å². The van der Waals surface area contributed by atoms with Crippen molar-refractivity contribution in [2.24, 2.45) is 0 Å². The monoisotopic (exact) mass is 241 g/mol. The lowest BCUT2D eigenvalue weighted by Gasteiger charge is -2.22. The molecule has 1 heterocycles. The molecule has 1 aromatic heterocycles. The SMILES string of the molecule is CCn1ccnc1NC1CCCCCC1Cl. The van der Waals surface area contributed by atoms with Crippen LogP contribution in [0.15, 0.2) is 12.4 Å². The predicted octanol–water partition coefficient (Wildman–Crippen LogP) is 3.26. The van der Waals surface area contributed by atoms with E-state index >= 15 is 0 Å². The van der Waals surface area contributed by atoms with Gasteiger partial charge in [0.2, 0.25) is 5.95 Å². The number of aryl methyl sites for hydroxylation is 1. The lowest BCUT2D eigenvalue weighted by Crippen LogP contribution is -2.30. The number of halogens is 1. The van der Waals surface area contributed by atoms with Gasteiger partial charge in [-0.25, -0.2) is 4.98 Å². The summed E-state index contributed by atoms with van der Waals surface area (Å²) in [4.78, 5) is 4.34. The zero-order valence-electron chi connectivity index (χ0n) is 9.82. The molecule has 2 unspecified atom stereocenters. The van der Waals surface area contributed by atoms with Crippen molar-refractivity contribution in [2.45, 2.75) is 57.0 Å². The highest BCUT2D eigenvalue weighted by Crippen LogP contribution is 2.24. The largest absolute Gasteiger partial charge is 0.351 e.